The molecule has 0 aliphatic carbocycles. The van der Waals surface area contributed by atoms with Crippen molar-refractivity contribution in [1.29, 1.82) is 0 Å². The van der Waals surface area contributed by atoms with Crippen molar-refractivity contribution in [2.75, 3.05) is 0 Å². The summed E-state index contributed by atoms with van der Waals surface area (Å²) in [6, 6.07) is 15.0. The van der Waals surface area contributed by atoms with Crippen molar-refractivity contribution >= 4 is 46.3 Å². The van der Waals surface area contributed by atoms with E-state index in [9.17, 15) is 19.7 Å². The van der Waals surface area contributed by atoms with E-state index < -0.39 is 16.1 Å². The summed E-state index contributed by atoms with van der Waals surface area (Å²) in [6.45, 7) is 1.76. The Morgan fingerprint density at radius 3 is 2.71 bits per heavy atom. The summed E-state index contributed by atoms with van der Waals surface area (Å²) < 4.78 is 5.84. The number of hydrogen-bond donors (Lipinski definition) is 0. The lowest BCUT2D eigenvalue weighted by Gasteiger charge is -2.12. The predicted molar refractivity (Wildman–Crippen MR) is 119 cm³/mol. The zero-order valence-electron chi connectivity index (χ0n) is 16.2. The second-order valence-electron chi connectivity index (χ2n) is 6.81. The van der Waals surface area contributed by atoms with Crippen LogP contribution in [0.3, 0.4) is 0 Å². The van der Waals surface area contributed by atoms with Gasteiger partial charge in [0, 0.05) is 28.3 Å². The first-order chi connectivity index (χ1) is 14.8. The molecule has 1 aliphatic rings. The van der Waals surface area contributed by atoms with Gasteiger partial charge >= 0.3 is 0 Å². The fraction of sp³-hybridized carbons (Fsp3) is 0.0909. The highest BCUT2D eigenvalue weighted by molar-refractivity contribution is 8.18. The minimum absolute atomic E-state index is 0.141. The summed E-state index contributed by atoms with van der Waals surface area (Å²) in [5, 5.41) is 11.3. The Bertz CT molecular complexity index is 1250. The van der Waals surface area contributed by atoms with Crippen LogP contribution in [0.2, 0.25) is 5.02 Å². The average Bonchev–Trinajstić information content (AvgIpc) is 3.30. The molecule has 0 radical (unpaired) electrons. The van der Waals surface area contributed by atoms with Gasteiger partial charge in [0.1, 0.15) is 11.5 Å². The molecule has 0 spiro atoms. The number of furan rings is 1. The van der Waals surface area contributed by atoms with Crippen LogP contribution in [0.1, 0.15) is 16.9 Å². The Kier molecular flexibility index (Phi) is 5.67. The maximum atomic E-state index is 12.8. The molecular weight excluding hydrogens is 440 g/mol. The fourth-order valence-corrected chi connectivity index (χ4v) is 4.18. The van der Waals surface area contributed by atoms with E-state index in [1.54, 1.807) is 30.3 Å². The number of carbonyl (C=O) groups excluding carboxylic acids is 2. The van der Waals surface area contributed by atoms with E-state index in [0.717, 1.165) is 27.8 Å². The van der Waals surface area contributed by atoms with E-state index in [1.165, 1.54) is 24.3 Å². The van der Waals surface area contributed by atoms with Crippen LogP contribution < -0.4 is 0 Å². The highest BCUT2D eigenvalue weighted by Crippen LogP contribution is 2.35. The quantitative estimate of drug-likeness (QED) is 0.264. The van der Waals surface area contributed by atoms with E-state index in [2.05, 4.69) is 0 Å². The van der Waals surface area contributed by atoms with Gasteiger partial charge in [-0.05, 0) is 48.5 Å². The van der Waals surface area contributed by atoms with Gasteiger partial charge in [0.25, 0.3) is 16.8 Å². The largest absolute Gasteiger partial charge is 0.457 e. The molecule has 31 heavy (non-hydrogen) atoms. The zero-order chi connectivity index (χ0) is 22.1. The Hall–Kier alpha value is -3.36. The smallest absolute Gasteiger partial charge is 0.293 e. The van der Waals surface area contributed by atoms with E-state index in [1.807, 2.05) is 13.0 Å². The molecule has 0 unspecified atom stereocenters. The molecule has 0 bridgehead atoms. The second-order valence-corrected chi connectivity index (χ2v) is 8.24. The number of imide groups is 1. The standard InChI is InChI=1S/C22H15ClN2O5S/c1-13-6-7-15(23)10-17(13)19-9-8-16(30-19)11-20-21(26)24(22(27)31-20)12-14-4-2-3-5-18(14)25(28)29/h2-11H,12H2,1H3/b20-11-. The SMILES string of the molecule is Cc1ccc(Cl)cc1-c1ccc(/C=C2\SC(=O)N(Cc3ccccc3[N+](=O)[O-])C2=O)o1. The van der Waals surface area contributed by atoms with Crippen molar-refractivity contribution in [2.24, 2.45) is 0 Å². The van der Waals surface area contributed by atoms with Gasteiger partial charge in [-0.25, -0.2) is 0 Å². The molecule has 2 amide bonds. The van der Waals surface area contributed by atoms with E-state index in [0.29, 0.717) is 16.5 Å². The van der Waals surface area contributed by atoms with Crippen LogP contribution in [-0.4, -0.2) is 21.0 Å². The third kappa shape index (κ3) is 4.26. The molecule has 3 aromatic rings. The molecule has 1 fully saturated rings. The molecule has 2 heterocycles. The number of nitrogens with zero attached hydrogens (tertiary/aromatic N) is 2. The fourth-order valence-electron chi connectivity index (χ4n) is 3.19. The van der Waals surface area contributed by atoms with Crippen molar-refractivity contribution in [3.63, 3.8) is 0 Å². The Morgan fingerprint density at radius 1 is 1.16 bits per heavy atom. The molecule has 1 aromatic heterocycles. The number of amides is 2. The van der Waals surface area contributed by atoms with Crippen molar-refractivity contribution in [3.05, 3.63) is 91.5 Å². The molecule has 0 N–H and O–H groups in total. The minimum Gasteiger partial charge on any atom is -0.457 e. The van der Waals surface area contributed by atoms with E-state index in [-0.39, 0.29) is 22.7 Å². The van der Waals surface area contributed by atoms with Crippen LogP contribution in [0.5, 0.6) is 0 Å². The van der Waals surface area contributed by atoms with Gasteiger partial charge in [-0.15, -0.1) is 0 Å². The van der Waals surface area contributed by atoms with Gasteiger partial charge in [0.15, 0.2) is 0 Å². The topological polar surface area (TPSA) is 93.7 Å². The van der Waals surface area contributed by atoms with Gasteiger partial charge < -0.3 is 4.42 Å². The molecule has 0 saturated carbocycles. The Labute approximate surface area is 186 Å². The molecule has 9 heteroatoms. The number of hydrogen-bond acceptors (Lipinski definition) is 6. The number of aryl methyl sites for hydroxylation is 1. The maximum absolute atomic E-state index is 12.8. The Balaban J connectivity index is 1.58. The maximum Gasteiger partial charge on any atom is 0.293 e. The van der Waals surface area contributed by atoms with Crippen LogP contribution in [0.4, 0.5) is 10.5 Å². The zero-order valence-corrected chi connectivity index (χ0v) is 17.8. The number of halogens is 1. The van der Waals surface area contributed by atoms with Gasteiger partial charge in [-0.3, -0.25) is 24.6 Å². The van der Waals surface area contributed by atoms with Crippen molar-refractivity contribution in [1.82, 2.24) is 4.90 Å². The van der Waals surface area contributed by atoms with Gasteiger partial charge in [0.2, 0.25) is 0 Å². The number of nitro benzene ring substituents is 1. The van der Waals surface area contributed by atoms with Gasteiger partial charge in [-0.1, -0.05) is 35.9 Å². The molecular formula is C22H15ClN2O5S. The summed E-state index contributed by atoms with van der Waals surface area (Å²) in [5.41, 5.74) is 1.96. The Morgan fingerprint density at radius 2 is 1.94 bits per heavy atom. The average molecular weight is 455 g/mol. The van der Waals surface area contributed by atoms with Crippen LogP contribution in [0.25, 0.3) is 17.4 Å². The number of para-hydroxylation sites is 1. The van der Waals surface area contributed by atoms with Crippen LogP contribution in [-0.2, 0) is 11.3 Å². The highest BCUT2D eigenvalue weighted by Gasteiger charge is 2.36. The number of carbonyl (C=O) groups is 2. The van der Waals surface area contributed by atoms with Gasteiger partial charge in [-0.2, -0.15) is 0 Å². The summed E-state index contributed by atoms with van der Waals surface area (Å²) in [6.07, 6.45) is 1.49. The third-order valence-electron chi connectivity index (χ3n) is 4.76. The first-order valence-corrected chi connectivity index (χ1v) is 10.4. The number of benzene rings is 2. The molecule has 1 saturated heterocycles. The minimum atomic E-state index is -0.535. The lowest BCUT2D eigenvalue weighted by atomic mass is 10.1. The van der Waals surface area contributed by atoms with E-state index in [4.69, 9.17) is 16.0 Å². The number of thioether (sulfide) groups is 1. The lowest BCUT2D eigenvalue weighted by Crippen LogP contribution is -2.27. The van der Waals surface area contributed by atoms with Crippen molar-refractivity contribution < 1.29 is 18.9 Å². The van der Waals surface area contributed by atoms with Crippen LogP contribution in [0, 0.1) is 17.0 Å². The lowest BCUT2D eigenvalue weighted by molar-refractivity contribution is -0.385. The molecule has 2 aromatic carbocycles. The van der Waals surface area contributed by atoms with Crippen LogP contribution in [0.15, 0.2) is 63.9 Å². The molecule has 156 valence electrons. The highest BCUT2D eigenvalue weighted by atomic mass is 35.5. The summed E-state index contributed by atoms with van der Waals surface area (Å²) >= 11 is 6.84. The summed E-state index contributed by atoms with van der Waals surface area (Å²) in [4.78, 5) is 37.0. The first kappa shape index (κ1) is 20.9. The summed E-state index contributed by atoms with van der Waals surface area (Å²) in [5.74, 6) is 0.473. The van der Waals surface area contributed by atoms with E-state index >= 15 is 0 Å². The van der Waals surface area contributed by atoms with Crippen molar-refractivity contribution in [3.8, 4) is 11.3 Å². The molecule has 0 atom stereocenters. The van der Waals surface area contributed by atoms with Gasteiger partial charge in [0.05, 0.1) is 16.4 Å². The first-order valence-electron chi connectivity index (χ1n) is 9.17. The number of rotatable bonds is 5. The molecule has 1 aliphatic heterocycles. The van der Waals surface area contributed by atoms with Crippen molar-refractivity contribution in [2.45, 2.75) is 13.5 Å². The predicted octanol–water partition coefficient (Wildman–Crippen LogP) is 6.05. The summed E-state index contributed by atoms with van der Waals surface area (Å²) in [7, 11) is 0. The van der Waals surface area contributed by atoms with Crippen LogP contribution >= 0.6 is 23.4 Å². The molecule has 7 nitrogen and oxygen atoms in total. The molecule has 4 rings (SSSR count). The normalized spacial score (nSPS) is 15.2. The monoisotopic (exact) mass is 454 g/mol. The second kappa shape index (κ2) is 8.41. The third-order valence-corrected chi connectivity index (χ3v) is 5.90. The number of nitro groups is 1.